The molecule has 1 aromatic rings. The Labute approximate surface area is 125 Å². The molecule has 1 saturated heterocycles. The summed E-state index contributed by atoms with van der Waals surface area (Å²) in [4.78, 5) is 26.1. The summed E-state index contributed by atoms with van der Waals surface area (Å²) in [7, 11) is 1.61. The second-order valence-electron chi connectivity index (χ2n) is 6.36. The van der Waals surface area contributed by atoms with Crippen molar-refractivity contribution in [2.45, 2.75) is 33.4 Å². The van der Waals surface area contributed by atoms with Crippen LogP contribution >= 0.6 is 0 Å². The average Bonchev–Trinajstić information content (AvgIpc) is 2.41. The molecular formula is C16H22N2O3. The molecule has 5 nitrogen and oxygen atoms in total. The van der Waals surface area contributed by atoms with E-state index in [1.54, 1.807) is 12.0 Å². The zero-order valence-corrected chi connectivity index (χ0v) is 13.0. The van der Waals surface area contributed by atoms with Crippen LogP contribution in [0.5, 0.6) is 5.75 Å². The second-order valence-corrected chi connectivity index (χ2v) is 6.36. The van der Waals surface area contributed by atoms with Gasteiger partial charge in [-0.25, -0.2) is 0 Å². The third-order valence-electron chi connectivity index (χ3n) is 3.60. The summed E-state index contributed by atoms with van der Waals surface area (Å²) in [5, 5.41) is 2.67. The number of hydrogen-bond acceptors (Lipinski definition) is 3. The van der Waals surface area contributed by atoms with Gasteiger partial charge in [0, 0.05) is 6.54 Å². The molecule has 114 valence electrons. The minimum atomic E-state index is -0.468. The van der Waals surface area contributed by atoms with E-state index in [-0.39, 0.29) is 23.8 Å². The van der Waals surface area contributed by atoms with Gasteiger partial charge in [-0.1, -0.05) is 32.9 Å². The van der Waals surface area contributed by atoms with Gasteiger partial charge >= 0.3 is 0 Å². The van der Waals surface area contributed by atoms with Gasteiger partial charge in [-0.15, -0.1) is 0 Å². The van der Waals surface area contributed by atoms with E-state index in [1.165, 1.54) is 0 Å². The van der Waals surface area contributed by atoms with Crippen molar-refractivity contribution < 1.29 is 14.3 Å². The fourth-order valence-corrected chi connectivity index (χ4v) is 2.65. The summed E-state index contributed by atoms with van der Waals surface area (Å²) in [6, 6.07) is 7.09. The third-order valence-corrected chi connectivity index (χ3v) is 3.60. The number of nitrogens with zero attached hydrogens (tertiary/aromatic N) is 1. The van der Waals surface area contributed by atoms with Gasteiger partial charge in [0.05, 0.1) is 13.7 Å². The molecule has 5 heteroatoms. The van der Waals surface area contributed by atoms with Crippen molar-refractivity contribution in [3.63, 3.8) is 0 Å². The molecule has 1 heterocycles. The molecule has 2 rings (SSSR count). The molecule has 0 spiro atoms. The Morgan fingerprint density at radius 3 is 2.67 bits per heavy atom. The van der Waals surface area contributed by atoms with Crippen molar-refractivity contribution >= 4 is 11.8 Å². The maximum Gasteiger partial charge on any atom is 0.243 e. The third kappa shape index (κ3) is 3.35. The first-order valence-corrected chi connectivity index (χ1v) is 7.03. The van der Waals surface area contributed by atoms with Crippen LogP contribution in [0.4, 0.5) is 0 Å². The van der Waals surface area contributed by atoms with Crippen LogP contribution in [0.25, 0.3) is 0 Å². The molecular weight excluding hydrogens is 268 g/mol. The number of methoxy groups -OCH3 is 1. The number of benzene rings is 1. The standard InChI is InChI=1S/C16H22N2O3/c1-16(2,3)14-15(20)17-9-13(19)18(14)10-11-6-5-7-12(8-11)21-4/h5-8,14H,9-10H2,1-4H3,(H,17,20). The highest BCUT2D eigenvalue weighted by Crippen LogP contribution is 2.28. The van der Waals surface area contributed by atoms with Gasteiger partial charge in [0.25, 0.3) is 0 Å². The highest BCUT2D eigenvalue weighted by Gasteiger charge is 2.41. The SMILES string of the molecule is COc1cccc(CN2C(=O)CNC(=O)C2C(C)(C)C)c1. The zero-order chi connectivity index (χ0) is 15.6. The van der Waals surface area contributed by atoms with Crippen molar-refractivity contribution in [2.75, 3.05) is 13.7 Å². The largest absolute Gasteiger partial charge is 0.497 e. The van der Waals surface area contributed by atoms with Gasteiger partial charge in [-0.05, 0) is 23.1 Å². The summed E-state index contributed by atoms with van der Waals surface area (Å²) in [5.41, 5.74) is 0.630. The highest BCUT2D eigenvalue weighted by molar-refractivity contribution is 5.95. The lowest BCUT2D eigenvalue weighted by molar-refractivity contribution is -0.150. The smallest absolute Gasteiger partial charge is 0.243 e. The van der Waals surface area contributed by atoms with E-state index < -0.39 is 6.04 Å². The van der Waals surface area contributed by atoms with Gasteiger partial charge in [0.2, 0.25) is 11.8 Å². The molecule has 1 aliphatic rings. The van der Waals surface area contributed by atoms with Gasteiger partial charge in [-0.2, -0.15) is 0 Å². The predicted octanol–water partition coefficient (Wildman–Crippen LogP) is 1.57. The Hall–Kier alpha value is -2.04. The monoisotopic (exact) mass is 290 g/mol. The Kier molecular flexibility index (Phi) is 4.21. The van der Waals surface area contributed by atoms with Gasteiger partial charge in [0.1, 0.15) is 11.8 Å². The number of rotatable bonds is 3. The van der Waals surface area contributed by atoms with Gasteiger partial charge in [-0.3, -0.25) is 9.59 Å². The Morgan fingerprint density at radius 1 is 1.33 bits per heavy atom. The Balaban J connectivity index is 2.28. The first-order valence-electron chi connectivity index (χ1n) is 7.03. The number of ether oxygens (including phenoxy) is 1. The lowest BCUT2D eigenvalue weighted by Gasteiger charge is -2.42. The van der Waals surface area contributed by atoms with Crippen LogP contribution in [-0.4, -0.2) is 36.4 Å². The topological polar surface area (TPSA) is 58.6 Å². The normalized spacial score (nSPS) is 19.4. The number of amides is 2. The first-order chi connectivity index (χ1) is 9.82. The lowest BCUT2D eigenvalue weighted by atomic mass is 9.83. The van der Waals surface area contributed by atoms with Crippen LogP contribution in [0.2, 0.25) is 0 Å². The Bertz CT molecular complexity index is 549. The van der Waals surface area contributed by atoms with E-state index in [9.17, 15) is 9.59 Å². The van der Waals surface area contributed by atoms with Crippen LogP contribution < -0.4 is 10.1 Å². The van der Waals surface area contributed by atoms with Crippen LogP contribution in [0.15, 0.2) is 24.3 Å². The molecule has 1 N–H and O–H groups in total. The maximum absolute atomic E-state index is 12.2. The molecule has 1 atom stereocenters. The molecule has 1 aromatic carbocycles. The molecule has 1 fully saturated rings. The van der Waals surface area contributed by atoms with Gasteiger partial charge < -0.3 is 15.0 Å². The summed E-state index contributed by atoms with van der Waals surface area (Å²) >= 11 is 0. The zero-order valence-electron chi connectivity index (χ0n) is 13.0. The van der Waals surface area contributed by atoms with E-state index in [0.717, 1.165) is 11.3 Å². The lowest BCUT2D eigenvalue weighted by Crippen LogP contribution is -2.62. The molecule has 0 aliphatic carbocycles. The van der Waals surface area contributed by atoms with Crippen LogP contribution in [0, 0.1) is 5.41 Å². The average molecular weight is 290 g/mol. The summed E-state index contributed by atoms with van der Waals surface area (Å²) in [6.07, 6.45) is 0. The van der Waals surface area contributed by atoms with Crippen molar-refractivity contribution in [1.29, 1.82) is 0 Å². The minimum absolute atomic E-state index is 0.0580. The molecule has 0 aromatic heterocycles. The Morgan fingerprint density at radius 2 is 2.05 bits per heavy atom. The van der Waals surface area contributed by atoms with E-state index in [0.29, 0.717) is 6.54 Å². The van der Waals surface area contributed by atoms with E-state index >= 15 is 0 Å². The molecule has 1 aliphatic heterocycles. The maximum atomic E-state index is 12.2. The van der Waals surface area contributed by atoms with E-state index in [2.05, 4.69) is 5.32 Å². The number of piperazine rings is 1. The fourth-order valence-electron chi connectivity index (χ4n) is 2.65. The number of carbonyl (C=O) groups is 2. The molecule has 21 heavy (non-hydrogen) atoms. The molecule has 0 radical (unpaired) electrons. The van der Waals surface area contributed by atoms with Crippen LogP contribution in [0.1, 0.15) is 26.3 Å². The van der Waals surface area contributed by atoms with E-state index in [4.69, 9.17) is 4.74 Å². The molecule has 1 unspecified atom stereocenters. The predicted molar refractivity (Wildman–Crippen MR) is 79.8 cm³/mol. The van der Waals surface area contributed by atoms with Crippen molar-refractivity contribution in [3.05, 3.63) is 29.8 Å². The quantitative estimate of drug-likeness (QED) is 0.919. The molecule has 0 saturated carbocycles. The minimum Gasteiger partial charge on any atom is -0.497 e. The second kappa shape index (κ2) is 5.76. The van der Waals surface area contributed by atoms with Crippen LogP contribution in [-0.2, 0) is 16.1 Å². The summed E-state index contributed by atoms with van der Waals surface area (Å²) < 4.78 is 5.20. The highest BCUT2D eigenvalue weighted by atomic mass is 16.5. The van der Waals surface area contributed by atoms with Crippen molar-refractivity contribution in [2.24, 2.45) is 5.41 Å². The van der Waals surface area contributed by atoms with E-state index in [1.807, 2.05) is 45.0 Å². The van der Waals surface area contributed by atoms with Crippen LogP contribution in [0.3, 0.4) is 0 Å². The number of nitrogens with one attached hydrogen (secondary N) is 1. The van der Waals surface area contributed by atoms with Crippen molar-refractivity contribution in [1.82, 2.24) is 10.2 Å². The number of carbonyl (C=O) groups excluding carboxylic acids is 2. The number of hydrogen-bond donors (Lipinski definition) is 1. The molecule has 0 bridgehead atoms. The van der Waals surface area contributed by atoms with Crippen molar-refractivity contribution in [3.8, 4) is 5.75 Å². The summed E-state index contributed by atoms with van der Waals surface area (Å²) in [6.45, 7) is 6.37. The fraction of sp³-hybridized carbons (Fsp3) is 0.500. The molecule has 2 amide bonds. The van der Waals surface area contributed by atoms with Gasteiger partial charge in [0.15, 0.2) is 0 Å². The first kappa shape index (κ1) is 15.4. The summed E-state index contributed by atoms with van der Waals surface area (Å²) in [5.74, 6) is 0.594.